The molecular formula is C16H27NO2. The Morgan fingerprint density at radius 3 is 2.79 bits per heavy atom. The molecule has 0 aliphatic heterocycles. The zero-order chi connectivity index (χ0) is 13.9. The Labute approximate surface area is 117 Å². The average molecular weight is 265 g/mol. The third-order valence-corrected chi connectivity index (χ3v) is 3.30. The van der Waals surface area contributed by atoms with E-state index in [0.29, 0.717) is 5.92 Å². The molecule has 0 spiro atoms. The molecule has 3 heteroatoms. The molecule has 0 radical (unpaired) electrons. The fourth-order valence-electron chi connectivity index (χ4n) is 2.27. The lowest BCUT2D eigenvalue weighted by atomic mass is 9.94. The second kappa shape index (κ2) is 9.82. The molecule has 1 rings (SSSR count). The lowest BCUT2D eigenvalue weighted by Crippen LogP contribution is -2.24. The Hall–Kier alpha value is -1.06. The highest BCUT2D eigenvalue weighted by Gasteiger charge is 2.09. The molecule has 1 aromatic carbocycles. The summed E-state index contributed by atoms with van der Waals surface area (Å²) >= 11 is 0. The van der Waals surface area contributed by atoms with Crippen LogP contribution in [0.25, 0.3) is 0 Å². The van der Waals surface area contributed by atoms with Crippen LogP contribution in [0.5, 0.6) is 5.75 Å². The summed E-state index contributed by atoms with van der Waals surface area (Å²) in [6, 6.07) is 8.37. The van der Waals surface area contributed by atoms with Gasteiger partial charge in [-0.2, -0.15) is 0 Å². The second-order valence-electron chi connectivity index (χ2n) is 4.86. The second-order valence-corrected chi connectivity index (χ2v) is 4.86. The average Bonchev–Trinajstić information content (AvgIpc) is 2.45. The van der Waals surface area contributed by atoms with Gasteiger partial charge in [-0.3, -0.25) is 0 Å². The molecular weight excluding hydrogens is 238 g/mol. The van der Waals surface area contributed by atoms with Crippen LogP contribution in [-0.2, 0) is 11.2 Å². The monoisotopic (exact) mass is 265 g/mol. The molecule has 1 aromatic rings. The van der Waals surface area contributed by atoms with Crippen LogP contribution in [0.4, 0.5) is 0 Å². The Morgan fingerprint density at radius 1 is 1.26 bits per heavy atom. The smallest absolute Gasteiger partial charge is 0.119 e. The minimum absolute atomic E-state index is 0.655. The van der Waals surface area contributed by atoms with Gasteiger partial charge in [0, 0.05) is 13.7 Å². The number of rotatable bonds is 10. The fourth-order valence-corrected chi connectivity index (χ4v) is 2.27. The standard InChI is InChI=1S/C16H27NO2/c1-4-17-13-15(8-6-10-18-2)11-14-7-5-9-16(12-14)19-3/h5,7,9,12,15,17H,4,6,8,10-11,13H2,1-3H3. The first-order valence-corrected chi connectivity index (χ1v) is 7.12. The first-order valence-electron chi connectivity index (χ1n) is 7.12. The van der Waals surface area contributed by atoms with Crippen molar-refractivity contribution in [1.29, 1.82) is 0 Å². The van der Waals surface area contributed by atoms with Crippen molar-refractivity contribution in [1.82, 2.24) is 5.32 Å². The summed E-state index contributed by atoms with van der Waals surface area (Å²) in [4.78, 5) is 0. The molecule has 0 fully saturated rings. The van der Waals surface area contributed by atoms with Gasteiger partial charge in [0.1, 0.15) is 5.75 Å². The molecule has 19 heavy (non-hydrogen) atoms. The molecule has 1 atom stereocenters. The normalized spacial score (nSPS) is 12.4. The molecule has 0 heterocycles. The number of hydrogen-bond acceptors (Lipinski definition) is 3. The molecule has 0 aromatic heterocycles. The summed E-state index contributed by atoms with van der Waals surface area (Å²) in [5, 5.41) is 3.45. The van der Waals surface area contributed by atoms with E-state index in [2.05, 4.69) is 30.4 Å². The highest BCUT2D eigenvalue weighted by atomic mass is 16.5. The fraction of sp³-hybridized carbons (Fsp3) is 0.625. The van der Waals surface area contributed by atoms with E-state index >= 15 is 0 Å². The van der Waals surface area contributed by atoms with E-state index < -0.39 is 0 Å². The molecule has 108 valence electrons. The molecule has 0 aliphatic carbocycles. The molecule has 1 N–H and O–H groups in total. The van der Waals surface area contributed by atoms with Gasteiger partial charge >= 0.3 is 0 Å². The van der Waals surface area contributed by atoms with Crippen molar-refractivity contribution in [2.45, 2.75) is 26.2 Å². The number of ether oxygens (including phenoxy) is 2. The van der Waals surface area contributed by atoms with Crippen molar-refractivity contribution < 1.29 is 9.47 Å². The van der Waals surface area contributed by atoms with Gasteiger partial charge in [0.2, 0.25) is 0 Å². The number of methoxy groups -OCH3 is 2. The van der Waals surface area contributed by atoms with E-state index in [1.807, 2.05) is 6.07 Å². The van der Waals surface area contributed by atoms with Crippen molar-refractivity contribution in [3.05, 3.63) is 29.8 Å². The predicted molar refractivity (Wildman–Crippen MR) is 79.8 cm³/mol. The summed E-state index contributed by atoms with van der Waals surface area (Å²) in [7, 11) is 3.48. The number of nitrogens with one attached hydrogen (secondary N) is 1. The first kappa shape index (κ1) is 16.0. The van der Waals surface area contributed by atoms with E-state index in [1.165, 1.54) is 12.0 Å². The molecule has 3 nitrogen and oxygen atoms in total. The van der Waals surface area contributed by atoms with Crippen LogP contribution in [0.1, 0.15) is 25.3 Å². The summed E-state index contributed by atoms with van der Waals surface area (Å²) in [5.41, 5.74) is 1.35. The molecule has 0 saturated heterocycles. The maximum absolute atomic E-state index is 5.28. The van der Waals surface area contributed by atoms with Gasteiger partial charge in [0.25, 0.3) is 0 Å². The maximum atomic E-state index is 5.28. The topological polar surface area (TPSA) is 30.5 Å². The van der Waals surface area contributed by atoms with Gasteiger partial charge in [0.05, 0.1) is 7.11 Å². The lowest BCUT2D eigenvalue weighted by Gasteiger charge is -2.17. The summed E-state index contributed by atoms with van der Waals surface area (Å²) < 4.78 is 10.4. The third-order valence-electron chi connectivity index (χ3n) is 3.30. The molecule has 0 aliphatic rings. The Morgan fingerprint density at radius 2 is 2.11 bits per heavy atom. The van der Waals surface area contributed by atoms with Crippen molar-refractivity contribution in [3.8, 4) is 5.75 Å². The zero-order valence-electron chi connectivity index (χ0n) is 12.4. The summed E-state index contributed by atoms with van der Waals surface area (Å²) in [6.07, 6.45) is 3.41. The molecule has 0 bridgehead atoms. The Balaban J connectivity index is 2.53. The van der Waals surface area contributed by atoms with E-state index in [9.17, 15) is 0 Å². The largest absolute Gasteiger partial charge is 0.497 e. The molecule has 0 amide bonds. The number of hydrogen-bond donors (Lipinski definition) is 1. The van der Waals surface area contributed by atoms with Crippen LogP contribution in [0.15, 0.2) is 24.3 Å². The van der Waals surface area contributed by atoms with Crippen molar-refractivity contribution in [3.63, 3.8) is 0 Å². The number of benzene rings is 1. The van der Waals surface area contributed by atoms with Gasteiger partial charge in [-0.05, 0) is 56.0 Å². The minimum atomic E-state index is 0.655. The van der Waals surface area contributed by atoms with Crippen LogP contribution in [0.2, 0.25) is 0 Å². The van der Waals surface area contributed by atoms with Crippen molar-refractivity contribution >= 4 is 0 Å². The van der Waals surface area contributed by atoms with Gasteiger partial charge in [0.15, 0.2) is 0 Å². The van der Waals surface area contributed by atoms with Crippen molar-refractivity contribution in [2.24, 2.45) is 5.92 Å². The first-order chi connectivity index (χ1) is 9.30. The van der Waals surface area contributed by atoms with Crippen LogP contribution in [-0.4, -0.2) is 33.9 Å². The van der Waals surface area contributed by atoms with Gasteiger partial charge in [-0.25, -0.2) is 0 Å². The van der Waals surface area contributed by atoms with Crippen LogP contribution < -0.4 is 10.1 Å². The van der Waals surface area contributed by atoms with Crippen molar-refractivity contribution in [2.75, 3.05) is 33.9 Å². The zero-order valence-corrected chi connectivity index (χ0v) is 12.4. The van der Waals surface area contributed by atoms with Crippen LogP contribution in [0, 0.1) is 5.92 Å². The van der Waals surface area contributed by atoms with Gasteiger partial charge < -0.3 is 14.8 Å². The Kier molecular flexibility index (Phi) is 8.26. The quantitative estimate of drug-likeness (QED) is 0.660. The van der Waals surface area contributed by atoms with E-state index in [4.69, 9.17) is 9.47 Å². The third kappa shape index (κ3) is 6.60. The van der Waals surface area contributed by atoms with Gasteiger partial charge in [-0.1, -0.05) is 19.1 Å². The summed E-state index contributed by atoms with van der Waals surface area (Å²) in [5.74, 6) is 1.60. The molecule has 1 unspecified atom stereocenters. The maximum Gasteiger partial charge on any atom is 0.119 e. The SMILES string of the molecule is CCNCC(CCCOC)Cc1cccc(OC)c1. The van der Waals surface area contributed by atoms with E-state index in [1.54, 1.807) is 14.2 Å². The highest BCUT2D eigenvalue weighted by Crippen LogP contribution is 2.18. The van der Waals surface area contributed by atoms with Crippen LogP contribution >= 0.6 is 0 Å². The van der Waals surface area contributed by atoms with Crippen LogP contribution in [0.3, 0.4) is 0 Å². The van der Waals surface area contributed by atoms with Gasteiger partial charge in [-0.15, -0.1) is 0 Å². The Bertz CT molecular complexity index is 341. The predicted octanol–water partition coefficient (Wildman–Crippen LogP) is 2.89. The molecule has 0 saturated carbocycles. The van der Waals surface area contributed by atoms with E-state index in [-0.39, 0.29) is 0 Å². The minimum Gasteiger partial charge on any atom is -0.497 e. The summed E-state index contributed by atoms with van der Waals surface area (Å²) in [6.45, 7) is 5.09. The van der Waals surface area contributed by atoms with E-state index in [0.717, 1.165) is 38.3 Å². The lowest BCUT2D eigenvalue weighted by molar-refractivity contribution is 0.186. The highest BCUT2D eigenvalue weighted by molar-refractivity contribution is 5.28.